The van der Waals surface area contributed by atoms with Gasteiger partial charge in [0.05, 0.1) is 39.0 Å². The Kier molecular flexibility index (Phi) is 8.28. The lowest BCUT2D eigenvalue weighted by Gasteiger charge is -2.25. The number of hydrogen-bond donors (Lipinski definition) is 1. The molecule has 4 aromatic rings. The van der Waals surface area contributed by atoms with E-state index < -0.39 is 0 Å². The molecule has 3 heterocycles. The van der Waals surface area contributed by atoms with Crippen molar-refractivity contribution in [1.82, 2.24) is 29.9 Å². The smallest absolute Gasteiger partial charge is 0.234 e. The van der Waals surface area contributed by atoms with Gasteiger partial charge in [-0.25, -0.2) is 9.67 Å². The van der Waals surface area contributed by atoms with E-state index in [0.29, 0.717) is 45.4 Å². The number of nitrogens with one attached hydrogen (secondary N) is 1. The topological polar surface area (TPSA) is 94.0 Å². The molecule has 0 unspecified atom stereocenters. The highest BCUT2D eigenvalue weighted by molar-refractivity contribution is 5.78. The molecule has 10 nitrogen and oxygen atoms in total. The average Bonchev–Trinajstić information content (AvgIpc) is 3.62. The molecule has 228 valence electrons. The predicted octanol–water partition coefficient (Wildman–Crippen LogP) is 3.99. The third-order valence-electron chi connectivity index (χ3n) is 8.53. The summed E-state index contributed by atoms with van der Waals surface area (Å²) in [4.78, 5) is 22.2. The number of rotatable bonds is 6. The number of nitrogens with zero attached hydrogens (tertiary/aromatic N) is 5. The van der Waals surface area contributed by atoms with Crippen molar-refractivity contribution in [3.05, 3.63) is 102 Å². The van der Waals surface area contributed by atoms with Crippen LogP contribution >= 0.6 is 0 Å². The summed E-state index contributed by atoms with van der Waals surface area (Å²) < 4.78 is 20.2. The molecule has 44 heavy (non-hydrogen) atoms. The molecule has 1 saturated carbocycles. The van der Waals surface area contributed by atoms with Crippen LogP contribution in [0.4, 0.5) is 0 Å². The molecular weight excluding hydrogens is 556 g/mol. The summed E-state index contributed by atoms with van der Waals surface area (Å²) >= 11 is 0. The average molecular weight is 595 g/mol. The molecule has 10 heteroatoms. The molecule has 2 fully saturated rings. The van der Waals surface area contributed by atoms with E-state index in [4.69, 9.17) is 14.2 Å². The van der Waals surface area contributed by atoms with Crippen LogP contribution in [0.2, 0.25) is 0 Å². The number of amides is 1. The number of carbonyl (C=O) groups is 1. The first-order valence-electron chi connectivity index (χ1n) is 15.3. The van der Waals surface area contributed by atoms with Crippen molar-refractivity contribution in [3.8, 4) is 17.2 Å². The van der Waals surface area contributed by atoms with Gasteiger partial charge in [0, 0.05) is 37.8 Å². The van der Waals surface area contributed by atoms with Crippen molar-refractivity contribution >= 4 is 5.91 Å². The number of methoxy groups -OCH3 is 1. The monoisotopic (exact) mass is 594 g/mol. The van der Waals surface area contributed by atoms with Crippen LogP contribution in [0.25, 0.3) is 0 Å². The highest BCUT2D eigenvalue weighted by atomic mass is 16.5. The maximum atomic E-state index is 13.5. The Morgan fingerprint density at radius 2 is 1.77 bits per heavy atom. The summed E-state index contributed by atoms with van der Waals surface area (Å²) in [6.07, 6.45) is 5.34. The van der Waals surface area contributed by atoms with Crippen molar-refractivity contribution in [1.29, 1.82) is 0 Å². The van der Waals surface area contributed by atoms with Gasteiger partial charge >= 0.3 is 0 Å². The largest absolute Gasteiger partial charge is 0.496 e. The van der Waals surface area contributed by atoms with Gasteiger partial charge in [-0.1, -0.05) is 30.3 Å². The van der Waals surface area contributed by atoms with Gasteiger partial charge in [0.25, 0.3) is 0 Å². The molecular formula is C34H38N6O4. The van der Waals surface area contributed by atoms with Crippen LogP contribution < -0.4 is 14.8 Å². The van der Waals surface area contributed by atoms with Crippen molar-refractivity contribution in [2.24, 2.45) is 0 Å². The van der Waals surface area contributed by atoms with E-state index in [0.717, 1.165) is 58.9 Å². The van der Waals surface area contributed by atoms with Gasteiger partial charge in [-0.3, -0.25) is 14.6 Å². The minimum Gasteiger partial charge on any atom is -0.496 e. The molecule has 3 aliphatic rings. The van der Waals surface area contributed by atoms with E-state index in [2.05, 4.69) is 49.5 Å². The van der Waals surface area contributed by atoms with Crippen molar-refractivity contribution in [2.75, 3.05) is 26.7 Å². The lowest BCUT2D eigenvalue weighted by Crippen LogP contribution is -2.48. The Hall–Kier alpha value is -4.25. The molecule has 7 rings (SSSR count). The van der Waals surface area contributed by atoms with Gasteiger partial charge in [-0.2, -0.15) is 5.10 Å². The standard InChI is InChI=1S/C34H38N6O4/c1-42-32-11-8-25(12-27(32)17-40-23-35-22-36-40)15-38-18-31-33(19-38)43-21-26-5-3-7-30(14-26)44-29-6-2-4-24(13-29)16-39(28-9-10-28)20-34(41)37-31/h2-8,11-14,22-23,28,31,33H,9-10,15-21H2,1H3,(H,37,41)/t31-,33-/m0/s1. The maximum absolute atomic E-state index is 13.5. The SMILES string of the molecule is COc1ccc(CN2C[C@@H]3NC(=O)CN(C4CC4)Cc4cccc(c4)Oc4cccc(c4)CO[C@H]3C2)cc1Cn1cncn1. The quantitative estimate of drug-likeness (QED) is 0.358. The first-order chi connectivity index (χ1) is 21.6. The Labute approximate surface area is 257 Å². The second-order valence-corrected chi connectivity index (χ2v) is 12.0. The first kappa shape index (κ1) is 28.5. The van der Waals surface area contributed by atoms with Gasteiger partial charge in [0.2, 0.25) is 5.91 Å². The summed E-state index contributed by atoms with van der Waals surface area (Å²) in [5.74, 6) is 2.44. The van der Waals surface area contributed by atoms with Crippen molar-refractivity contribution < 1.29 is 19.0 Å². The predicted molar refractivity (Wildman–Crippen MR) is 164 cm³/mol. The number of likely N-dealkylation sites (tertiary alicyclic amines) is 1. The Morgan fingerprint density at radius 3 is 2.55 bits per heavy atom. The van der Waals surface area contributed by atoms with E-state index in [1.807, 2.05) is 42.5 Å². The van der Waals surface area contributed by atoms with E-state index >= 15 is 0 Å². The number of carbonyl (C=O) groups excluding carboxylic acids is 1. The highest BCUT2D eigenvalue weighted by Crippen LogP contribution is 2.30. The number of hydrogen-bond acceptors (Lipinski definition) is 8. The van der Waals surface area contributed by atoms with Crippen LogP contribution in [-0.4, -0.2) is 75.4 Å². The van der Waals surface area contributed by atoms with Crippen LogP contribution in [0.15, 0.2) is 79.4 Å². The fraction of sp³-hybridized carbons (Fsp3) is 0.382. The van der Waals surface area contributed by atoms with E-state index in [9.17, 15) is 4.79 Å². The van der Waals surface area contributed by atoms with Gasteiger partial charge in [0.15, 0.2) is 0 Å². The second kappa shape index (κ2) is 12.8. The van der Waals surface area contributed by atoms with E-state index in [-0.39, 0.29) is 18.1 Å². The third kappa shape index (κ3) is 6.93. The lowest BCUT2D eigenvalue weighted by atomic mass is 10.1. The minimum absolute atomic E-state index is 0.0402. The molecule has 1 aromatic heterocycles. The zero-order valence-electron chi connectivity index (χ0n) is 25.0. The van der Waals surface area contributed by atoms with Crippen LogP contribution in [0.5, 0.6) is 17.2 Å². The molecule has 1 aliphatic carbocycles. The number of aromatic nitrogens is 3. The molecule has 4 bridgehead atoms. The molecule has 0 radical (unpaired) electrons. The Morgan fingerprint density at radius 1 is 0.955 bits per heavy atom. The fourth-order valence-electron chi connectivity index (χ4n) is 6.26. The molecule has 3 aromatic carbocycles. The molecule has 2 aliphatic heterocycles. The minimum atomic E-state index is -0.147. The van der Waals surface area contributed by atoms with Crippen LogP contribution in [0.3, 0.4) is 0 Å². The molecule has 1 N–H and O–H groups in total. The highest BCUT2D eigenvalue weighted by Gasteiger charge is 2.36. The van der Waals surface area contributed by atoms with Gasteiger partial charge in [0.1, 0.15) is 29.9 Å². The summed E-state index contributed by atoms with van der Waals surface area (Å²) in [6, 6.07) is 22.8. The van der Waals surface area contributed by atoms with Crippen LogP contribution in [0, 0.1) is 0 Å². The van der Waals surface area contributed by atoms with Crippen LogP contribution in [0.1, 0.15) is 35.1 Å². The van der Waals surface area contributed by atoms with Crippen LogP contribution in [-0.2, 0) is 35.8 Å². The number of ether oxygens (including phenoxy) is 3. The van der Waals surface area contributed by atoms with Gasteiger partial charge < -0.3 is 19.5 Å². The van der Waals surface area contributed by atoms with Crippen molar-refractivity contribution in [2.45, 2.75) is 57.3 Å². The normalized spacial score (nSPS) is 21.3. The second-order valence-electron chi connectivity index (χ2n) is 12.0. The Bertz CT molecular complexity index is 1590. The molecule has 1 amide bonds. The maximum Gasteiger partial charge on any atom is 0.234 e. The fourth-order valence-corrected chi connectivity index (χ4v) is 6.26. The number of benzene rings is 3. The molecule has 2 atom stereocenters. The summed E-state index contributed by atoms with van der Waals surface area (Å²) in [5, 5.41) is 7.60. The zero-order chi connectivity index (χ0) is 29.9. The van der Waals surface area contributed by atoms with Crippen molar-refractivity contribution in [3.63, 3.8) is 0 Å². The van der Waals surface area contributed by atoms with E-state index in [1.165, 1.54) is 6.33 Å². The summed E-state index contributed by atoms with van der Waals surface area (Å²) in [6.45, 7) is 4.22. The van der Waals surface area contributed by atoms with Gasteiger partial charge in [-0.05, 0) is 65.9 Å². The first-order valence-corrected chi connectivity index (χ1v) is 15.3. The zero-order valence-corrected chi connectivity index (χ0v) is 25.0. The summed E-state index contributed by atoms with van der Waals surface area (Å²) in [7, 11) is 1.68. The summed E-state index contributed by atoms with van der Waals surface area (Å²) in [5.41, 5.74) is 4.37. The van der Waals surface area contributed by atoms with E-state index in [1.54, 1.807) is 18.1 Å². The Balaban J connectivity index is 1.10. The number of fused-ring (bicyclic) bond motifs is 5. The molecule has 1 saturated heterocycles. The molecule has 0 spiro atoms. The van der Waals surface area contributed by atoms with Gasteiger partial charge in [-0.15, -0.1) is 0 Å². The third-order valence-corrected chi connectivity index (χ3v) is 8.53. The lowest BCUT2D eigenvalue weighted by molar-refractivity contribution is -0.124.